The number of nitrogens with zero attached hydrogens (tertiary/aromatic N) is 1. The van der Waals surface area contributed by atoms with Gasteiger partial charge in [-0.1, -0.05) is 0 Å². The molecule has 1 atom stereocenters. The highest BCUT2D eigenvalue weighted by molar-refractivity contribution is 7.11. The molecule has 16 heavy (non-hydrogen) atoms. The Morgan fingerprint density at radius 1 is 1.50 bits per heavy atom. The Labute approximate surface area is 95.4 Å². The van der Waals surface area contributed by atoms with E-state index in [4.69, 9.17) is 10.5 Å². The van der Waals surface area contributed by atoms with Gasteiger partial charge in [0.1, 0.15) is 0 Å². The fourth-order valence-electron chi connectivity index (χ4n) is 1.18. The summed E-state index contributed by atoms with van der Waals surface area (Å²) in [6.45, 7) is 1.63. The Kier molecular flexibility index (Phi) is 4.28. The molecule has 0 saturated heterocycles. The van der Waals surface area contributed by atoms with Crippen molar-refractivity contribution in [2.24, 2.45) is 5.73 Å². The van der Waals surface area contributed by atoms with Gasteiger partial charge in [0.2, 0.25) is 0 Å². The zero-order valence-electron chi connectivity index (χ0n) is 8.97. The molecule has 92 valence electrons. The van der Waals surface area contributed by atoms with Crippen LogP contribution in [0.2, 0.25) is 0 Å². The van der Waals surface area contributed by atoms with Crippen molar-refractivity contribution in [3.8, 4) is 0 Å². The standard InChI is InChI=1S/C9H13F3N2OS/c1-5(15-2)3-7-14-8(9(10,11)12)6(4-13)16-7/h5H,3-4,13H2,1-2H3. The van der Waals surface area contributed by atoms with E-state index in [1.165, 1.54) is 7.11 Å². The summed E-state index contributed by atoms with van der Waals surface area (Å²) in [4.78, 5) is 3.65. The van der Waals surface area contributed by atoms with E-state index in [0.29, 0.717) is 11.4 Å². The third-order valence-electron chi connectivity index (χ3n) is 2.06. The Balaban J connectivity index is 2.94. The molecule has 0 aromatic carbocycles. The summed E-state index contributed by atoms with van der Waals surface area (Å²) in [5.41, 5.74) is 4.40. The predicted octanol–water partition coefficient (Wildman–Crippen LogP) is 2.20. The Morgan fingerprint density at radius 2 is 2.12 bits per heavy atom. The molecule has 0 aliphatic rings. The molecule has 1 unspecified atom stereocenters. The van der Waals surface area contributed by atoms with Crippen molar-refractivity contribution in [2.75, 3.05) is 7.11 Å². The van der Waals surface area contributed by atoms with Crippen molar-refractivity contribution in [3.05, 3.63) is 15.6 Å². The summed E-state index contributed by atoms with van der Waals surface area (Å²) in [6, 6.07) is 0. The summed E-state index contributed by atoms with van der Waals surface area (Å²) in [7, 11) is 1.51. The summed E-state index contributed by atoms with van der Waals surface area (Å²) in [6.07, 6.45) is -4.22. The van der Waals surface area contributed by atoms with Crippen LogP contribution in [-0.4, -0.2) is 18.2 Å². The first-order valence-corrected chi connectivity index (χ1v) is 5.48. The second-order valence-corrected chi connectivity index (χ2v) is 4.50. The molecule has 3 nitrogen and oxygen atoms in total. The molecule has 1 heterocycles. The maximum atomic E-state index is 12.5. The number of halogens is 3. The van der Waals surface area contributed by atoms with Gasteiger partial charge in [0.05, 0.1) is 16.0 Å². The van der Waals surface area contributed by atoms with Crippen LogP contribution in [0.4, 0.5) is 13.2 Å². The highest BCUT2D eigenvalue weighted by Crippen LogP contribution is 2.34. The molecule has 0 radical (unpaired) electrons. The van der Waals surface area contributed by atoms with E-state index in [1.807, 2.05) is 0 Å². The largest absolute Gasteiger partial charge is 0.434 e. The first-order valence-electron chi connectivity index (χ1n) is 4.67. The monoisotopic (exact) mass is 254 g/mol. The molecule has 0 aliphatic heterocycles. The van der Waals surface area contributed by atoms with Gasteiger partial charge >= 0.3 is 6.18 Å². The number of alkyl halides is 3. The summed E-state index contributed by atoms with van der Waals surface area (Å²) < 4.78 is 42.6. The van der Waals surface area contributed by atoms with Crippen LogP contribution in [0, 0.1) is 0 Å². The Bertz CT molecular complexity index is 351. The van der Waals surface area contributed by atoms with Gasteiger partial charge in [0, 0.05) is 20.1 Å². The highest BCUT2D eigenvalue weighted by Gasteiger charge is 2.37. The van der Waals surface area contributed by atoms with Crippen molar-refractivity contribution in [3.63, 3.8) is 0 Å². The third-order valence-corrected chi connectivity index (χ3v) is 3.16. The van der Waals surface area contributed by atoms with Crippen LogP contribution in [0.15, 0.2) is 0 Å². The van der Waals surface area contributed by atoms with Crippen LogP contribution in [0.25, 0.3) is 0 Å². The number of hydrogen-bond donors (Lipinski definition) is 1. The fourth-order valence-corrected chi connectivity index (χ4v) is 2.26. The number of rotatable bonds is 4. The molecule has 0 spiro atoms. The minimum absolute atomic E-state index is 0.0748. The van der Waals surface area contributed by atoms with Crippen LogP contribution < -0.4 is 5.73 Å². The minimum atomic E-state index is -4.43. The highest BCUT2D eigenvalue weighted by atomic mass is 32.1. The van der Waals surface area contributed by atoms with Gasteiger partial charge in [0.25, 0.3) is 0 Å². The van der Waals surface area contributed by atoms with Crippen LogP contribution in [0.3, 0.4) is 0 Å². The van der Waals surface area contributed by atoms with Gasteiger partial charge in [-0.3, -0.25) is 0 Å². The summed E-state index contributed by atoms with van der Waals surface area (Å²) in [5, 5.41) is 0.405. The second kappa shape index (κ2) is 5.11. The Morgan fingerprint density at radius 3 is 2.50 bits per heavy atom. The number of aromatic nitrogens is 1. The van der Waals surface area contributed by atoms with Gasteiger partial charge in [-0.2, -0.15) is 13.2 Å². The number of nitrogens with two attached hydrogens (primary N) is 1. The zero-order valence-corrected chi connectivity index (χ0v) is 9.78. The minimum Gasteiger partial charge on any atom is -0.381 e. The molecule has 0 fully saturated rings. The maximum Gasteiger partial charge on any atom is 0.434 e. The SMILES string of the molecule is COC(C)Cc1nc(C(F)(F)F)c(CN)s1. The van der Waals surface area contributed by atoms with Gasteiger partial charge in [-0.05, 0) is 6.92 Å². The lowest BCUT2D eigenvalue weighted by Crippen LogP contribution is -2.12. The van der Waals surface area contributed by atoms with Gasteiger partial charge in [0.15, 0.2) is 5.69 Å². The molecule has 0 saturated carbocycles. The van der Waals surface area contributed by atoms with E-state index in [-0.39, 0.29) is 17.5 Å². The fraction of sp³-hybridized carbons (Fsp3) is 0.667. The van der Waals surface area contributed by atoms with E-state index >= 15 is 0 Å². The molecule has 2 N–H and O–H groups in total. The number of thiazole rings is 1. The van der Waals surface area contributed by atoms with Crippen molar-refractivity contribution in [1.29, 1.82) is 0 Å². The normalized spacial score (nSPS) is 14.1. The molecule has 1 rings (SSSR count). The van der Waals surface area contributed by atoms with E-state index in [9.17, 15) is 13.2 Å². The quantitative estimate of drug-likeness (QED) is 0.896. The predicted molar refractivity (Wildman–Crippen MR) is 55.2 cm³/mol. The molecule has 1 aromatic rings. The number of ether oxygens (including phenoxy) is 1. The Hall–Kier alpha value is -0.660. The zero-order chi connectivity index (χ0) is 12.3. The van der Waals surface area contributed by atoms with E-state index in [2.05, 4.69) is 4.98 Å². The summed E-state index contributed by atoms with van der Waals surface area (Å²) in [5.74, 6) is 0. The molecule has 0 amide bonds. The topological polar surface area (TPSA) is 48.1 Å². The van der Waals surface area contributed by atoms with Crippen LogP contribution in [-0.2, 0) is 23.9 Å². The van der Waals surface area contributed by atoms with E-state index < -0.39 is 11.9 Å². The first kappa shape index (κ1) is 13.4. The molecular weight excluding hydrogens is 241 g/mol. The lowest BCUT2D eigenvalue weighted by atomic mass is 10.3. The van der Waals surface area contributed by atoms with Crippen molar-refractivity contribution in [1.82, 2.24) is 4.98 Å². The second-order valence-electron chi connectivity index (χ2n) is 3.33. The molecule has 7 heteroatoms. The number of hydrogen-bond acceptors (Lipinski definition) is 4. The molecule has 1 aromatic heterocycles. The molecule has 0 aliphatic carbocycles. The maximum absolute atomic E-state index is 12.5. The van der Waals surface area contributed by atoms with Gasteiger partial charge in [-0.25, -0.2) is 4.98 Å². The van der Waals surface area contributed by atoms with Crippen LogP contribution >= 0.6 is 11.3 Å². The average molecular weight is 254 g/mol. The average Bonchev–Trinajstić information content (AvgIpc) is 2.60. The lowest BCUT2D eigenvalue weighted by molar-refractivity contribution is -0.141. The lowest BCUT2D eigenvalue weighted by Gasteiger charge is -2.05. The molecular formula is C9H13F3N2OS. The van der Waals surface area contributed by atoms with Crippen molar-refractivity contribution in [2.45, 2.75) is 32.2 Å². The third kappa shape index (κ3) is 3.16. The first-order chi connectivity index (χ1) is 7.38. The van der Waals surface area contributed by atoms with Crippen molar-refractivity contribution < 1.29 is 17.9 Å². The van der Waals surface area contributed by atoms with E-state index in [1.54, 1.807) is 6.92 Å². The van der Waals surface area contributed by atoms with Crippen LogP contribution in [0.1, 0.15) is 22.5 Å². The van der Waals surface area contributed by atoms with Crippen molar-refractivity contribution >= 4 is 11.3 Å². The number of methoxy groups -OCH3 is 1. The molecule has 0 bridgehead atoms. The van der Waals surface area contributed by atoms with E-state index in [0.717, 1.165) is 11.3 Å². The van der Waals surface area contributed by atoms with Gasteiger partial charge in [-0.15, -0.1) is 11.3 Å². The van der Waals surface area contributed by atoms with Gasteiger partial charge < -0.3 is 10.5 Å². The smallest absolute Gasteiger partial charge is 0.381 e. The van der Waals surface area contributed by atoms with Crippen LogP contribution in [0.5, 0.6) is 0 Å². The summed E-state index contributed by atoms with van der Waals surface area (Å²) >= 11 is 0.994.